The standard InChI is InChI=1S/C44H90/c1-4-5-6-7-8-9-10-11-12-13-14-15-16-17-18-19-20-21-22-23-24-25-26-27-28-29-30-31-32-33-34-35-36-37-38-39-40-41-42-43-44(2)3/h44H,4-43H2,1-3H3. The molecule has 0 saturated carbocycles. The molecule has 0 aromatic heterocycles. The van der Waals surface area contributed by atoms with Crippen molar-refractivity contribution in [1.82, 2.24) is 0 Å². The van der Waals surface area contributed by atoms with Crippen molar-refractivity contribution < 1.29 is 0 Å². The lowest BCUT2D eigenvalue weighted by Crippen LogP contribution is -1.87. The SMILES string of the molecule is CCCCCCCCCCCCCCCCCCCCCCCCCCCCCCCCCCCCCCCCCC(C)C. The van der Waals surface area contributed by atoms with Gasteiger partial charge in [-0.25, -0.2) is 0 Å². The van der Waals surface area contributed by atoms with Gasteiger partial charge in [-0.05, 0) is 5.92 Å². The fourth-order valence-electron chi connectivity index (χ4n) is 7.17. The smallest absolute Gasteiger partial charge is 0.0471 e. The Bertz CT molecular complexity index is 465. The molecule has 0 aromatic rings. The summed E-state index contributed by atoms with van der Waals surface area (Å²) in [5.74, 6) is 0.896. The molecule has 0 aliphatic heterocycles. The van der Waals surface area contributed by atoms with Crippen molar-refractivity contribution in [3.63, 3.8) is 0 Å². The number of unbranched alkanes of at least 4 members (excludes halogenated alkanes) is 38. The molecule has 0 aliphatic carbocycles. The summed E-state index contributed by atoms with van der Waals surface area (Å²) >= 11 is 0. The minimum atomic E-state index is 0.896. The molecule has 0 radical (unpaired) electrons. The predicted molar refractivity (Wildman–Crippen MR) is 205 cm³/mol. The van der Waals surface area contributed by atoms with Crippen LogP contribution in [-0.4, -0.2) is 0 Å². The summed E-state index contributed by atoms with van der Waals surface area (Å²) in [6.45, 7) is 7.02. The topological polar surface area (TPSA) is 0 Å². The van der Waals surface area contributed by atoms with E-state index in [9.17, 15) is 0 Å². The van der Waals surface area contributed by atoms with Crippen molar-refractivity contribution in [3.8, 4) is 0 Å². The monoisotopic (exact) mass is 619 g/mol. The summed E-state index contributed by atoms with van der Waals surface area (Å²) < 4.78 is 0. The molecule has 0 heteroatoms. The van der Waals surface area contributed by atoms with Gasteiger partial charge in [-0.3, -0.25) is 0 Å². The van der Waals surface area contributed by atoms with Gasteiger partial charge in [-0.2, -0.15) is 0 Å². The van der Waals surface area contributed by atoms with E-state index in [4.69, 9.17) is 0 Å². The molecule has 0 aliphatic rings. The summed E-state index contributed by atoms with van der Waals surface area (Å²) in [4.78, 5) is 0. The number of rotatable bonds is 40. The van der Waals surface area contributed by atoms with Crippen molar-refractivity contribution >= 4 is 0 Å². The highest BCUT2D eigenvalue weighted by molar-refractivity contribution is 4.54. The van der Waals surface area contributed by atoms with E-state index in [-0.39, 0.29) is 0 Å². The van der Waals surface area contributed by atoms with Crippen LogP contribution >= 0.6 is 0 Å². The lowest BCUT2D eigenvalue weighted by atomic mass is 10.0. The first-order valence-corrected chi connectivity index (χ1v) is 21.8. The van der Waals surface area contributed by atoms with Crippen LogP contribution in [0.5, 0.6) is 0 Å². The zero-order valence-corrected chi connectivity index (χ0v) is 31.9. The fraction of sp³-hybridized carbons (Fsp3) is 1.00. The van der Waals surface area contributed by atoms with E-state index < -0.39 is 0 Å². The van der Waals surface area contributed by atoms with E-state index in [0.717, 1.165) is 5.92 Å². The third-order valence-corrected chi connectivity index (χ3v) is 10.4. The van der Waals surface area contributed by atoms with Gasteiger partial charge in [0, 0.05) is 0 Å². The van der Waals surface area contributed by atoms with Crippen LogP contribution in [-0.2, 0) is 0 Å². The van der Waals surface area contributed by atoms with Crippen LogP contribution in [0.4, 0.5) is 0 Å². The molecule has 266 valence electrons. The quantitative estimate of drug-likeness (QED) is 0.0599. The Balaban J connectivity index is 3.03. The normalized spacial score (nSPS) is 11.7. The van der Waals surface area contributed by atoms with Gasteiger partial charge in [0.15, 0.2) is 0 Å². The molecule has 0 amide bonds. The second kappa shape index (κ2) is 41.0. The highest BCUT2D eigenvalue weighted by atomic mass is 14.0. The molecule has 0 spiro atoms. The van der Waals surface area contributed by atoms with Crippen LogP contribution in [0.1, 0.15) is 278 Å². The Morgan fingerprint density at radius 2 is 0.341 bits per heavy atom. The molecule has 0 bridgehead atoms. The average Bonchev–Trinajstić information content (AvgIpc) is 3.02. The molecular weight excluding hydrogens is 528 g/mol. The van der Waals surface area contributed by atoms with E-state index in [2.05, 4.69) is 20.8 Å². The minimum absolute atomic E-state index is 0.896. The minimum Gasteiger partial charge on any atom is -0.0654 e. The van der Waals surface area contributed by atoms with Gasteiger partial charge in [-0.1, -0.05) is 278 Å². The van der Waals surface area contributed by atoms with Crippen molar-refractivity contribution in [1.29, 1.82) is 0 Å². The largest absolute Gasteiger partial charge is 0.0654 e. The number of hydrogen-bond donors (Lipinski definition) is 0. The Hall–Kier alpha value is 0. The van der Waals surface area contributed by atoms with Gasteiger partial charge in [0.1, 0.15) is 0 Å². The van der Waals surface area contributed by atoms with Crippen molar-refractivity contribution in [2.24, 2.45) is 5.92 Å². The molecule has 0 rings (SSSR count). The van der Waals surface area contributed by atoms with E-state index in [1.807, 2.05) is 0 Å². The van der Waals surface area contributed by atoms with Gasteiger partial charge in [0.25, 0.3) is 0 Å². The zero-order chi connectivity index (χ0) is 31.9. The average molecular weight is 619 g/mol. The molecule has 0 N–H and O–H groups in total. The van der Waals surface area contributed by atoms with E-state index in [0.29, 0.717) is 0 Å². The third-order valence-electron chi connectivity index (χ3n) is 10.4. The van der Waals surface area contributed by atoms with Crippen LogP contribution in [0.25, 0.3) is 0 Å². The van der Waals surface area contributed by atoms with Crippen LogP contribution in [0.3, 0.4) is 0 Å². The summed E-state index contributed by atoms with van der Waals surface area (Å²) in [6.07, 6.45) is 59.4. The van der Waals surface area contributed by atoms with Gasteiger partial charge >= 0.3 is 0 Å². The lowest BCUT2D eigenvalue weighted by Gasteiger charge is -2.05. The van der Waals surface area contributed by atoms with Gasteiger partial charge < -0.3 is 0 Å². The maximum atomic E-state index is 2.35. The van der Waals surface area contributed by atoms with E-state index in [1.165, 1.54) is 257 Å². The van der Waals surface area contributed by atoms with Gasteiger partial charge in [0.05, 0.1) is 0 Å². The second-order valence-corrected chi connectivity index (χ2v) is 15.6. The Morgan fingerprint density at radius 3 is 0.477 bits per heavy atom. The summed E-state index contributed by atoms with van der Waals surface area (Å²) in [6, 6.07) is 0. The van der Waals surface area contributed by atoms with Crippen LogP contribution in [0.15, 0.2) is 0 Å². The fourth-order valence-corrected chi connectivity index (χ4v) is 7.17. The zero-order valence-electron chi connectivity index (χ0n) is 31.9. The first-order valence-electron chi connectivity index (χ1n) is 21.8. The van der Waals surface area contributed by atoms with Crippen LogP contribution in [0, 0.1) is 5.92 Å². The van der Waals surface area contributed by atoms with Crippen LogP contribution < -0.4 is 0 Å². The van der Waals surface area contributed by atoms with Gasteiger partial charge in [0.2, 0.25) is 0 Å². The van der Waals surface area contributed by atoms with E-state index >= 15 is 0 Å². The summed E-state index contributed by atoms with van der Waals surface area (Å²) in [7, 11) is 0. The Morgan fingerprint density at radius 1 is 0.205 bits per heavy atom. The molecule has 0 fully saturated rings. The number of hydrogen-bond acceptors (Lipinski definition) is 0. The molecule has 0 aromatic carbocycles. The first-order chi connectivity index (χ1) is 21.8. The Labute approximate surface area is 282 Å². The molecule has 44 heavy (non-hydrogen) atoms. The predicted octanol–water partition coefficient (Wildman–Crippen LogP) is 17.3. The molecule has 0 nitrogen and oxygen atoms in total. The molecular formula is C44H90. The molecule has 0 atom stereocenters. The van der Waals surface area contributed by atoms with Crippen molar-refractivity contribution in [2.75, 3.05) is 0 Å². The van der Waals surface area contributed by atoms with E-state index in [1.54, 1.807) is 0 Å². The summed E-state index contributed by atoms with van der Waals surface area (Å²) in [5.41, 5.74) is 0. The molecule has 0 saturated heterocycles. The highest BCUT2D eigenvalue weighted by Gasteiger charge is 1.98. The second-order valence-electron chi connectivity index (χ2n) is 15.6. The lowest BCUT2D eigenvalue weighted by molar-refractivity contribution is 0.500. The van der Waals surface area contributed by atoms with Crippen molar-refractivity contribution in [3.05, 3.63) is 0 Å². The summed E-state index contributed by atoms with van der Waals surface area (Å²) in [5, 5.41) is 0. The Kier molecular flexibility index (Phi) is 41.0. The van der Waals surface area contributed by atoms with Gasteiger partial charge in [-0.15, -0.1) is 0 Å². The maximum absolute atomic E-state index is 2.35. The van der Waals surface area contributed by atoms with Crippen LogP contribution in [0.2, 0.25) is 0 Å². The highest BCUT2D eigenvalue weighted by Crippen LogP contribution is 2.18. The third kappa shape index (κ3) is 42.0. The maximum Gasteiger partial charge on any atom is -0.0471 e. The molecule has 0 heterocycles. The molecule has 0 unspecified atom stereocenters. The first kappa shape index (κ1) is 44.0. The van der Waals surface area contributed by atoms with Crippen molar-refractivity contribution in [2.45, 2.75) is 278 Å².